The van der Waals surface area contributed by atoms with Gasteiger partial charge in [0.05, 0.1) is 5.69 Å². The molecule has 0 bridgehead atoms. The summed E-state index contributed by atoms with van der Waals surface area (Å²) >= 11 is 0. The molecule has 0 saturated carbocycles. The van der Waals surface area contributed by atoms with Crippen LogP contribution in [0.15, 0.2) is 54.6 Å². The second-order valence-corrected chi connectivity index (χ2v) is 7.45. The van der Waals surface area contributed by atoms with Crippen molar-refractivity contribution in [3.05, 3.63) is 77.1 Å². The first-order valence-corrected chi connectivity index (χ1v) is 10.4. The Balaban J connectivity index is 1.56. The predicted molar refractivity (Wildman–Crippen MR) is 115 cm³/mol. The van der Waals surface area contributed by atoms with Crippen molar-refractivity contribution >= 4 is 5.91 Å². The number of aryl methyl sites for hydroxylation is 3. The zero-order valence-electron chi connectivity index (χ0n) is 17.5. The van der Waals surface area contributed by atoms with E-state index in [1.54, 1.807) is 4.68 Å². The number of aromatic nitrogens is 2. The predicted octanol–water partition coefficient (Wildman–Crippen LogP) is 4.22. The summed E-state index contributed by atoms with van der Waals surface area (Å²) in [5, 5.41) is 4.45. The minimum atomic E-state index is -0.0120. The molecule has 2 heterocycles. The van der Waals surface area contributed by atoms with Gasteiger partial charge in [-0.1, -0.05) is 42.5 Å². The summed E-state index contributed by atoms with van der Waals surface area (Å²) in [5.74, 6) is 1.46. The van der Waals surface area contributed by atoms with Crippen LogP contribution in [0.5, 0.6) is 11.5 Å². The largest absolute Gasteiger partial charge is 0.454 e. The van der Waals surface area contributed by atoms with E-state index >= 15 is 0 Å². The third-order valence-electron chi connectivity index (χ3n) is 5.28. The molecule has 0 saturated heterocycles. The average Bonchev–Trinajstić information content (AvgIpc) is 3.40. The van der Waals surface area contributed by atoms with Crippen LogP contribution in [0, 0.1) is 6.92 Å². The van der Waals surface area contributed by atoms with E-state index in [9.17, 15) is 4.79 Å². The van der Waals surface area contributed by atoms with E-state index in [1.807, 2.05) is 61.2 Å². The fraction of sp³-hybridized carbons (Fsp3) is 0.333. The number of hydrogen-bond acceptors (Lipinski definition) is 4. The molecule has 4 rings (SSSR count). The zero-order chi connectivity index (χ0) is 20.9. The van der Waals surface area contributed by atoms with Crippen molar-refractivity contribution in [2.45, 2.75) is 39.8 Å². The minimum Gasteiger partial charge on any atom is -0.454 e. The first kappa shape index (κ1) is 20.0. The Hall–Kier alpha value is -3.28. The molecule has 1 aliphatic rings. The topological polar surface area (TPSA) is 56.6 Å². The van der Waals surface area contributed by atoms with Crippen molar-refractivity contribution < 1.29 is 14.3 Å². The van der Waals surface area contributed by atoms with Gasteiger partial charge in [-0.05, 0) is 44.4 Å². The summed E-state index contributed by atoms with van der Waals surface area (Å²) in [4.78, 5) is 15.4. The molecule has 0 radical (unpaired) electrons. The lowest BCUT2D eigenvalue weighted by molar-refractivity contribution is 0.0727. The van der Waals surface area contributed by atoms with Gasteiger partial charge in [0.1, 0.15) is 5.69 Å². The fourth-order valence-electron chi connectivity index (χ4n) is 3.81. The average molecular weight is 405 g/mol. The van der Waals surface area contributed by atoms with Gasteiger partial charge < -0.3 is 14.4 Å². The second kappa shape index (κ2) is 9.03. The van der Waals surface area contributed by atoms with Crippen LogP contribution in [0.4, 0.5) is 0 Å². The van der Waals surface area contributed by atoms with Crippen LogP contribution in [0.3, 0.4) is 0 Å². The maximum absolute atomic E-state index is 13.5. The smallest absolute Gasteiger partial charge is 0.272 e. The van der Waals surface area contributed by atoms with Crippen molar-refractivity contribution in [2.24, 2.45) is 0 Å². The quantitative estimate of drug-likeness (QED) is 0.563. The molecule has 1 aromatic heterocycles. The van der Waals surface area contributed by atoms with E-state index in [0.29, 0.717) is 25.3 Å². The number of para-hydroxylation sites is 1. The molecule has 0 fully saturated rings. The van der Waals surface area contributed by atoms with Gasteiger partial charge in [0.25, 0.3) is 5.91 Å². The van der Waals surface area contributed by atoms with Crippen molar-refractivity contribution in [1.29, 1.82) is 0 Å². The van der Waals surface area contributed by atoms with Crippen molar-refractivity contribution in [3.8, 4) is 11.5 Å². The molecule has 0 aliphatic carbocycles. The number of carbonyl (C=O) groups excluding carboxylic acids is 1. The van der Waals surface area contributed by atoms with Gasteiger partial charge in [0, 0.05) is 25.2 Å². The molecule has 3 aromatic rings. The molecular formula is C24H27N3O3. The van der Waals surface area contributed by atoms with Gasteiger partial charge >= 0.3 is 0 Å². The van der Waals surface area contributed by atoms with E-state index in [1.165, 1.54) is 5.56 Å². The summed E-state index contributed by atoms with van der Waals surface area (Å²) in [6, 6.07) is 18.0. The van der Waals surface area contributed by atoms with E-state index in [2.05, 4.69) is 17.2 Å². The van der Waals surface area contributed by atoms with Crippen LogP contribution in [0.1, 0.15) is 40.7 Å². The van der Waals surface area contributed by atoms with Crippen molar-refractivity contribution in [3.63, 3.8) is 0 Å². The lowest BCUT2D eigenvalue weighted by Crippen LogP contribution is -2.33. The van der Waals surface area contributed by atoms with Gasteiger partial charge in [-0.3, -0.25) is 9.48 Å². The van der Waals surface area contributed by atoms with E-state index in [4.69, 9.17) is 9.47 Å². The Morgan fingerprint density at radius 3 is 2.77 bits per heavy atom. The van der Waals surface area contributed by atoms with Crippen LogP contribution in [0.25, 0.3) is 0 Å². The Kier molecular flexibility index (Phi) is 6.02. The summed E-state index contributed by atoms with van der Waals surface area (Å²) in [6.07, 6.45) is 1.80. The van der Waals surface area contributed by atoms with Crippen LogP contribution in [-0.2, 0) is 19.5 Å². The lowest BCUT2D eigenvalue weighted by atomic mass is 10.1. The monoisotopic (exact) mass is 405 g/mol. The summed E-state index contributed by atoms with van der Waals surface area (Å²) < 4.78 is 12.9. The highest BCUT2D eigenvalue weighted by molar-refractivity contribution is 5.92. The third-order valence-corrected chi connectivity index (χ3v) is 5.28. The Labute approximate surface area is 177 Å². The fourth-order valence-corrected chi connectivity index (χ4v) is 3.81. The van der Waals surface area contributed by atoms with Crippen LogP contribution < -0.4 is 9.47 Å². The summed E-state index contributed by atoms with van der Waals surface area (Å²) in [6.45, 7) is 5.90. The second-order valence-electron chi connectivity index (χ2n) is 7.45. The first-order valence-electron chi connectivity index (χ1n) is 10.4. The molecule has 0 atom stereocenters. The molecule has 0 unspecified atom stereocenters. The highest BCUT2D eigenvalue weighted by Gasteiger charge is 2.24. The molecule has 1 aliphatic heterocycles. The van der Waals surface area contributed by atoms with Crippen LogP contribution in [-0.4, -0.2) is 33.9 Å². The molecule has 0 spiro atoms. The summed E-state index contributed by atoms with van der Waals surface area (Å²) in [5.41, 5.74) is 3.70. The Bertz CT molecular complexity index is 1010. The maximum Gasteiger partial charge on any atom is 0.272 e. The SMILES string of the molecule is CCn1nc(C)cc1C(=O)N(CCCc1ccccc1)Cc1cccc2c1OCO2. The van der Waals surface area contributed by atoms with Gasteiger partial charge in [-0.15, -0.1) is 0 Å². The van der Waals surface area contributed by atoms with Gasteiger partial charge in [-0.25, -0.2) is 0 Å². The van der Waals surface area contributed by atoms with Gasteiger partial charge in [0.15, 0.2) is 11.5 Å². The molecule has 156 valence electrons. The van der Waals surface area contributed by atoms with Crippen molar-refractivity contribution in [2.75, 3.05) is 13.3 Å². The van der Waals surface area contributed by atoms with Gasteiger partial charge in [0.2, 0.25) is 6.79 Å². The molecular weight excluding hydrogens is 378 g/mol. The Morgan fingerprint density at radius 1 is 1.13 bits per heavy atom. The number of hydrogen-bond donors (Lipinski definition) is 0. The highest BCUT2D eigenvalue weighted by atomic mass is 16.7. The van der Waals surface area contributed by atoms with Gasteiger partial charge in [-0.2, -0.15) is 5.10 Å². The number of carbonyl (C=O) groups is 1. The van der Waals surface area contributed by atoms with Crippen molar-refractivity contribution in [1.82, 2.24) is 14.7 Å². The molecule has 6 nitrogen and oxygen atoms in total. The summed E-state index contributed by atoms with van der Waals surface area (Å²) in [7, 11) is 0. The molecule has 0 N–H and O–H groups in total. The number of ether oxygens (including phenoxy) is 2. The zero-order valence-corrected chi connectivity index (χ0v) is 17.5. The van der Waals surface area contributed by atoms with E-state index in [0.717, 1.165) is 35.6 Å². The number of nitrogens with zero attached hydrogens (tertiary/aromatic N) is 3. The van der Waals surface area contributed by atoms with E-state index in [-0.39, 0.29) is 12.7 Å². The Morgan fingerprint density at radius 2 is 1.97 bits per heavy atom. The normalized spacial score (nSPS) is 12.2. The molecule has 1 amide bonds. The highest BCUT2D eigenvalue weighted by Crippen LogP contribution is 2.36. The molecule has 30 heavy (non-hydrogen) atoms. The number of fused-ring (bicyclic) bond motifs is 1. The van der Waals surface area contributed by atoms with Crippen LogP contribution >= 0.6 is 0 Å². The number of amides is 1. The lowest BCUT2D eigenvalue weighted by Gasteiger charge is -2.24. The van der Waals surface area contributed by atoms with E-state index < -0.39 is 0 Å². The maximum atomic E-state index is 13.5. The first-order chi connectivity index (χ1) is 14.7. The molecule has 2 aromatic carbocycles. The number of benzene rings is 2. The third kappa shape index (κ3) is 4.32. The van der Waals surface area contributed by atoms with Crippen LogP contribution in [0.2, 0.25) is 0 Å². The molecule has 6 heteroatoms. The number of rotatable bonds is 8. The minimum absolute atomic E-state index is 0.0120. The standard InChI is InChI=1S/C24H27N3O3/c1-3-27-21(15-18(2)25-27)24(28)26(14-8-11-19-9-5-4-6-10-19)16-20-12-7-13-22-23(20)30-17-29-22/h4-7,9-10,12-13,15H,3,8,11,14,16-17H2,1-2H3.